The van der Waals surface area contributed by atoms with E-state index in [-0.39, 0.29) is 4.90 Å². The summed E-state index contributed by atoms with van der Waals surface area (Å²) < 4.78 is 25.9. The highest BCUT2D eigenvalue weighted by molar-refractivity contribution is 7.92. The van der Waals surface area contributed by atoms with Crippen LogP contribution in [0.15, 0.2) is 53.4 Å². The summed E-state index contributed by atoms with van der Waals surface area (Å²) in [4.78, 5) is 11.7. The maximum absolute atomic E-state index is 13.0. The number of carboxylic acid groups (broad SMARTS) is 1. The van der Waals surface area contributed by atoms with Crippen molar-refractivity contribution >= 4 is 39.0 Å². The number of hydrogen-bond acceptors (Lipinski definition) is 4. The van der Waals surface area contributed by atoms with Crippen molar-refractivity contribution in [2.75, 3.05) is 0 Å². The lowest BCUT2D eigenvalue weighted by Gasteiger charge is -2.05. The molecule has 0 amide bonds. The van der Waals surface area contributed by atoms with Crippen molar-refractivity contribution in [3.8, 4) is 6.07 Å². The molecule has 1 N–H and O–H groups in total. The SMILES string of the molecule is N#C[C@]1(C(=O)O)[C@H](c2ccc(Cl)cc2)[C@@H]1S(=O)(=O)c1ccc(Cl)cc1. The van der Waals surface area contributed by atoms with Gasteiger partial charge in [0.15, 0.2) is 15.3 Å². The monoisotopic (exact) mass is 395 g/mol. The van der Waals surface area contributed by atoms with Crippen LogP contribution >= 0.6 is 23.2 Å². The van der Waals surface area contributed by atoms with Crippen molar-refractivity contribution in [1.82, 2.24) is 0 Å². The first kappa shape index (κ1) is 17.7. The molecule has 0 unspecified atom stereocenters. The molecule has 1 fully saturated rings. The van der Waals surface area contributed by atoms with Gasteiger partial charge in [0.05, 0.1) is 11.0 Å². The molecule has 3 atom stereocenters. The van der Waals surface area contributed by atoms with Crippen LogP contribution in [0.4, 0.5) is 0 Å². The molecule has 3 rings (SSSR count). The first-order chi connectivity index (χ1) is 11.7. The molecule has 0 aliphatic heterocycles. The Morgan fingerprint density at radius 1 is 1.04 bits per heavy atom. The van der Waals surface area contributed by atoms with Crippen LogP contribution in [-0.4, -0.2) is 24.7 Å². The first-order valence-corrected chi connectivity index (χ1v) is 9.45. The third kappa shape index (κ3) is 2.69. The van der Waals surface area contributed by atoms with E-state index in [2.05, 4.69) is 0 Å². The number of halogens is 2. The highest BCUT2D eigenvalue weighted by Crippen LogP contribution is 2.64. The summed E-state index contributed by atoms with van der Waals surface area (Å²) >= 11 is 11.6. The quantitative estimate of drug-likeness (QED) is 0.853. The number of hydrogen-bond donors (Lipinski definition) is 1. The van der Waals surface area contributed by atoms with Gasteiger partial charge in [0.1, 0.15) is 5.25 Å². The predicted molar refractivity (Wildman–Crippen MR) is 92.3 cm³/mol. The fourth-order valence-corrected chi connectivity index (χ4v) is 5.60. The van der Waals surface area contributed by atoms with E-state index in [9.17, 15) is 23.6 Å². The summed E-state index contributed by atoms with van der Waals surface area (Å²) in [5.74, 6) is -2.44. The van der Waals surface area contributed by atoms with Crippen molar-refractivity contribution < 1.29 is 18.3 Å². The van der Waals surface area contributed by atoms with Crippen molar-refractivity contribution in [3.63, 3.8) is 0 Å². The molecule has 8 heteroatoms. The van der Waals surface area contributed by atoms with E-state index < -0.39 is 32.4 Å². The fourth-order valence-electron chi connectivity index (χ4n) is 3.09. The van der Waals surface area contributed by atoms with Crippen molar-refractivity contribution in [2.45, 2.75) is 16.1 Å². The van der Waals surface area contributed by atoms with Crippen LogP contribution in [0.1, 0.15) is 11.5 Å². The topological polar surface area (TPSA) is 95.2 Å². The van der Waals surface area contributed by atoms with E-state index >= 15 is 0 Å². The zero-order valence-electron chi connectivity index (χ0n) is 12.6. The summed E-state index contributed by atoms with van der Waals surface area (Å²) in [5, 5.41) is 18.5. The second-order valence-corrected chi connectivity index (χ2v) is 8.68. The van der Waals surface area contributed by atoms with Crippen LogP contribution in [0.3, 0.4) is 0 Å². The van der Waals surface area contributed by atoms with Gasteiger partial charge in [0, 0.05) is 16.0 Å². The number of nitrogens with zero attached hydrogens (tertiary/aromatic N) is 1. The molecule has 2 aromatic carbocycles. The molecule has 128 valence electrons. The highest BCUT2D eigenvalue weighted by atomic mass is 35.5. The number of nitriles is 1. The van der Waals surface area contributed by atoms with E-state index in [1.54, 1.807) is 18.2 Å². The van der Waals surface area contributed by atoms with Gasteiger partial charge in [-0.25, -0.2) is 8.42 Å². The van der Waals surface area contributed by atoms with Gasteiger partial charge in [0.2, 0.25) is 0 Å². The molecule has 0 saturated heterocycles. The van der Waals surface area contributed by atoms with Gasteiger partial charge in [-0.1, -0.05) is 35.3 Å². The van der Waals surface area contributed by atoms with Crippen LogP contribution in [0.5, 0.6) is 0 Å². The summed E-state index contributed by atoms with van der Waals surface area (Å²) in [5.41, 5.74) is -1.59. The average molecular weight is 396 g/mol. The lowest BCUT2D eigenvalue weighted by atomic mass is 10.0. The second-order valence-electron chi connectivity index (χ2n) is 5.73. The largest absolute Gasteiger partial charge is 0.480 e. The van der Waals surface area contributed by atoms with Gasteiger partial charge >= 0.3 is 5.97 Å². The van der Waals surface area contributed by atoms with Gasteiger partial charge in [-0.05, 0) is 42.0 Å². The number of carbonyl (C=O) groups is 1. The molecular formula is C17H11Cl2NO4S. The summed E-state index contributed by atoms with van der Waals surface area (Å²) in [6.07, 6.45) is 0. The number of aliphatic carboxylic acids is 1. The number of sulfone groups is 1. The molecule has 0 aromatic heterocycles. The standard InChI is InChI=1S/C17H11Cl2NO4S/c18-11-3-1-10(2-4-11)14-15(17(14,9-20)16(21)22)25(23,24)13-7-5-12(19)6-8-13/h1-8,14-15H,(H,21,22)/t14-,15+,17+/m1/s1. The molecule has 5 nitrogen and oxygen atoms in total. The predicted octanol–water partition coefficient (Wildman–Crippen LogP) is 3.53. The van der Waals surface area contributed by atoms with E-state index in [1.165, 1.54) is 36.4 Å². The minimum absolute atomic E-state index is 0.0701. The van der Waals surface area contributed by atoms with E-state index in [0.29, 0.717) is 15.6 Å². The maximum atomic E-state index is 13.0. The Labute approximate surface area is 154 Å². The first-order valence-electron chi connectivity index (χ1n) is 7.14. The Bertz CT molecular complexity index is 981. The molecule has 1 aliphatic rings. The Morgan fingerprint density at radius 2 is 1.52 bits per heavy atom. The third-order valence-electron chi connectivity index (χ3n) is 4.38. The number of benzene rings is 2. The lowest BCUT2D eigenvalue weighted by Crippen LogP contribution is -2.22. The van der Waals surface area contributed by atoms with Gasteiger partial charge in [-0.15, -0.1) is 0 Å². The summed E-state index contributed by atoms with van der Waals surface area (Å²) in [6, 6.07) is 13.3. The summed E-state index contributed by atoms with van der Waals surface area (Å²) in [6.45, 7) is 0. The Morgan fingerprint density at radius 3 is 1.96 bits per heavy atom. The van der Waals surface area contributed by atoms with E-state index in [1.807, 2.05) is 0 Å². The Balaban J connectivity index is 2.12. The van der Waals surface area contributed by atoms with Gasteiger partial charge < -0.3 is 5.11 Å². The molecule has 0 radical (unpaired) electrons. The molecule has 2 aromatic rings. The van der Waals surface area contributed by atoms with Crippen LogP contribution in [0.2, 0.25) is 10.0 Å². The van der Waals surface area contributed by atoms with Gasteiger partial charge in [0.25, 0.3) is 0 Å². The minimum Gasteiger partial charge on any atom is -0.480 e. The highest BCUT2D eigenvalue weighted by Gasteiger charge is 2.77. The van der Waals surface area contributed by atoms with Crippen LogP contribution < -0.4 is 0 Å². The normalized spacial score (nSPS) is 25.2. The maximum Gasteiger partial charge on any atom is 0.326 e. The molecular weight excluding hydrogens is 385 g/mol. The summed E-state index contributed by atoms with van der Waals surface area (Å²) in [7, 11) is -4.05. The van der Waals surface area contributed by atoms with Crippen molar-refractivity contribution in [1.29, 1.82) is 5.26 Å². The van der Waals surface area contributed by atoms with Gasteiger partial charge in [-0.2, -0.15) is 5.26 Å². The zero-order valence-corrected chi connectivity index (χ0v) is 14.9. The second kappa shape index (κ2) is 6.03. The fraction of sp³-hybridized carbons (Fsp3) is 0.176. The molecule has 0 spiro atoms. The molecule has 1 aliphatic carbocycles. The number of rotatable bonds is 4. The third-order valence-corrected chi connectivity index (χ3v) is 7.12. The Kier molecular flexibility index (Phi) is 4.28. The molecule has 25 heavy (non-hydrogen) atoms. The number of carboxylic acids is 1. The van der Waals surface area contributed by atoms with Crippen LogP contribution in [0, 0.1) is 16.7 Å². The Hall–Kier alpha value is -2.07. The average Bonchev–Trinajstić information content (AvgIpc) is 3.27. The molecule has 0 heterocycles. The van der Waals surface area contributed by atoms with Crippen molar-refractivity contribution in [3.05, 3.63) is 64.1 Å². The van der Waals surface area contributed by atoms with E-state index in [4.69, 9.17) is 23.2 Å². The molecule has 0 bridgehead atoms. The van der Waals surface area contributed by atoms with Crippen LogP contribution in [0.25, 0.3) is 0 Å². The molecule has 1 saturated carbocycles. The minimum atomic E-state index is -4.05. The van der Waals surface area contributed by atoms with E-state index in [0.717, 1.165) is 0 Å². The van der Waals surface area contributed by atoms with Crippen molar-refractivity contribution in [2.24, 2.45) is 5.41 Å². The smallest absolute Gasteiger partial charge is 0.326 e. The van der Waals surface area contributed by atoms with Crippen LogP contribution in [-0.2, 0) is 14.6 Å². The van der Waals surface area contributed by atoms with Gasteiger partial charge in [-0.3, -0.25) is 4.79 Å². The zero-order chi connectivity index (χ0) is 18.4. The lowest BCUT2D eigenvalue weighted by molar-refractivity contribution is -0.141.